The van der Waals surface area contributed by atoms with Crippen LogP contribution < -0.4 is 5.32 Å². The molecule has 0 aromatic heterocycles. The Labute approximate surface area is 91.8 Å². The number of ether oxygens (including phenoxy) is 1. The number of methoxy groups -OCH3 is 1. The average Bonchev–Trinajstić information content (AvgIpc) is 2.52. The molecule has 1 aliphatic rings. The van der Waals surface area contributed by atoms with Gasteiger partial charge in [-0.05, 0) is 31.5 Å². The van der Waals surface area contributed by atoms with Crippen molar-refractivity contribution in [2.24, 2.45) is 5.92 Å². The minimum atomic E-state index is 0.295. The largest absolute Gasteiger partial charge is 0.383 e. The van der Waals surface area contributed by atoms with Crippen LogP contribution >= 0.6 is 12.2 Å². The third-order valence-corrected chi connectivity index (χ3v) is 2.87. The Kier molecular flexibility index (Phi) is 4.62. The van der Waals surface area contributed by atoms with Crippen LogP contribution in [-0.2, 0) is 4.74 Å². The second-order valence-corrected chi connectivity index (χ2v) is 4.53. The zero-order valence-corrected chi connectivity index (χ0v) is 10.1. The number of nitrogens with one attached hydrogen (secondary N) is 1. The maximum Gasteiger partial charge on any atom is 0.169 e. The SMILES string of the molecule is COCC(C)NC(=S)N1CCC(C)C1. The van der Waals surface area contributed by atoms with E-state index in [4.69, 9.17) is 17.0 Å². The normalized spacial score (nSPS) is 23.6. The lowest BCUT2D eigenvalue weighted by Gasteiger charge is -2.23. The van der Waals surface area contributed by atoms with Gasteiger partial charge in [0.15, 0.2) is 5.11 Å². The molecule has 1 aliphatic heterocycles. The molecular weight excluding hydrogens is 196 g/mol. The number of hydrogen-bond acceptors (Lipinski definition) is 2. The van der Waals surface area contributed by atoms with E-state index in [1.165, 1.54) is 6.42 Å². The molecule has 14 heavy (non-hydrogen) atoms. The molecule has 2 atom stereocenters. The maximum absolute atomic E-state index is 5.32. The Morgan fingerprint density at radius 2 is 2.43 bits per heavy atom. The standard InChI is InChI=1S/C10H20N2OS/c1-8-4-5-12(6-8)10(14)11-9(2)7-13-3/h8-9H,4-7H2,1-3H3,(H,11,14). The van der Waals surface area contributed by atoms with Crippen molar-refractivity contribution in [3.8, 4) is 0 Å². The van der Waals surface area contributed by atoms with E-state index in [0.29, 0.717) is 12.6 Å². The smallest absolute Gasteiger partial charge is 0.169 e. The van der Waals surface area contributed by atoms with Gasteiger partial charge in [-0.3, -0.25) is 0 Å². The number of likely N-dealkylation sites (tertiary alicyclic amines) is 1. The monoisotopic (exact) mass is 216 g/mol. The summed E-state index contributed by atoms with van der Waals surface area (Å²) in [6, 6.07) is 0.295. The predicted octanol–water partition coefficient (Wildman–Crippen LogP) is 1.24. The van der Waals surface area contributed by atoms with Gasteiger partial charge in [0.2, 0.25) is 0 Å². The van der Waals surface area contributed by atoms with E-state index in [2.05, 4.69) is 24.1 Å². The molecule has 0 aromatic rings. The summed E-state index contributed by atoms with van der Waals surface area (Å²) in [5, 5.41) is 4.15. The van der Waals surface area contributed by atoms with Crippen molar-refractivity contribution in [3.63, 3.8) is 0 Å². The molecule has 0 bridgehead atoms. The third kappa shape index (κ3) is 3.42. The van der Waals surface area contributed by atoms with Gasteiger partial charge in [0.1, 0.15) is 0 Å². The van der Waals surface area contributed by atoms with Crippen molar-refractivity contribution in [2.45, 2.75) is 26.3 Å². The van der Waals surface area contributed by atoms with E-state index in [-0.39, 0.29) is 0 Å². The lowest BCUT2D eigenvalue weighted by Crippen LogP contribution is -2.44. The quantitative estimate of drug-likeness (QED) is 0.717. The molecule has 0 aromatic carbocycles. The molecule has 1 saturated heterocycles. The van der Waals surface area contributed by atoms with Crippen molar-refractivity contribution in [3.05, 3.63) is 0 Å². The summed E-state index contributed by atoms with van der Waals surface area (Å²) >= 11 is 5.32. The lowest BCUT2D eigenvalue weighted by atomic mass is 10.2. The van der Waals surface area contributed by atoms with Gasteiger partial charge in [0.05, 0.1) is 6.61 Å². The van der Waals surface area contributed by atoms with Gasteiger partial charge >= 0.3 is 0 Å². The first kappa shape index (κ1) is 11.7. The summed E-state index contributed by atoms with van der Waals surface area (Å²) in [5.74, 6) is 0.771. The van der Waals surface area contributed by atoms with Gasteiger partial charge in [0.25, 0.3) is 0 Å². The van der Waals surface area contributed by atoms with Crippen molar-refractivity contribution in [2.75, 3.05) is 26.8 Å². The number of rotatable bonds is 3. The van der Waals surface area contributed by atoms with E-state index in [0.717, 1.165) is 24.1 Å². The van der Waals surface area contributed by atoms with Gasteiger partial charge < -0.3 is 15.0 Å². The highest BCUT2D eigenvalue weighted by Crippen LogP contribution is 2.14. The molecule has 3 nitrogen and oxygen atoms in total. The molecule has 1 heterocycles. The maximum atomic E-state index is 5.32. The van der Waals surface area contributed by atoms with Crippen molar-refractivity contribution in [1.82, 2.24) is 10.2 Å². The van der Waals surface area contributed by atoms with Crippen LogP contribution in [0.1, 0.15) is 20.3 Å². The van der Waals surface area contributed by atoms with E-state index in [9.17, 15) is 0 Å². The molecule has 1 N–H and O–H groups in total. The average molecular weight is 216 g/mol. The third-order valence-electron chi connectivity index (χ3n) is 2.50. The van der Waals surface area contributed by atoms with Crippen molar-refractivity contribution >= 4 is 17.3 Å². The Hall–Kier alpha value is -0.350. The first-order valence-electron chi connectivity index (χ1n) is 5.18. The first-order chi connectivity index (χ1) is 6.63. The van der Waals surface area contributed by atoms with Gasteiger partial charge in [-0.15, -0.1) is 0 Å². The fourth-order valence-electron chi connectivity index (χ4n) is 1.71. The molecular formula is C10H20N2OS. The highest BCUT2D eigenvalue weighted by molar-refractivity contribution is 7.80. The van der Waals surface area contributed by atoms with Gasteiger partial charge in [-0.2, -0.15) is 0 Å². The summed E-state index contributed by atoms with van der Waals surface area (Å²) in [6.07, 6.45) is 1.25. The Balaban J connectivity index is 2.27. The number of nitrogens with zero attached hydrogens (tertiary/aromatic N) is 1. The van der Waals surface area contributed by atoms with Crippen LogP contribution in [0.4, 0.5) is 0 Å². The fourth-order valence-corrected chi connectivity index (χ4v) is 2.08. The zero-order chi connectivity index (χ0) is 10.6. The molecule has 0 aliphatic carbocycles. The van der Waals surface area contributed by atoms with E-state index < -0.39 is 0 Å². The predicted molar refractivity (Wildman–Crippen MR) is 62.4 cm³/mol. The Morgan fingerprint density at radius 1 is 1.71 bits per heavy atom. The topological polar surface area (TPSA) is 24.5 Å². The molecule has 0 radical (unpaired) electrons. The van der Waals surface area contributed by atoms with Crippen LogP contribution in [0.25, 0.3) is 0 Å². The summed E-state index contributed by atoms with van der Waals surface area (Å²) in [7, 11) is 1.71. The minimum Gasteiger partial charge on any atom is -0.383 e. The highest BCUT2D eigenvalue weighted by Gasteiger charge is 2.21. The lowest BCUT2D eigenvalue weighted by molar-refractivity contribution is 0.178. The summed E-state index contributed by atoms with van der Waals surface area (Å²) < 4.78 is 5.05. The second-order valence-electron chi connectivity index (χ2n) is 4.15. The van der Waals surface area contributed by atoms with Crippen LogP contribution in [0.5, 0.6) is 0 Å². The van der Waals surface area contributed by atoms with Gasteiger partial charge in [-0.1, -0.05) is 6.92 Å². The zero-order valence-electron chi connectivity index (χ0n) is 9.25. The molecule has 1 rings (SSSR count). The van der Waals surface area contributed by atoms with Crippen LogP contribution in [0.15, 0.2) is 0 Å². The Bertz CT molecular complexity index is 199. The van der Waals surface area contributed by atoms with E-state index in [1.807, 2.05) is 0 Å². The van der Waals surface area contributed by atoms with E-state index in [1.54, 1.807) is 7.11 Å². The second kappa shape index (κ2) is 5.51. The molecule has 0 amide bonds. The number of thiocarbonyl (C=S) groups is 1. The summed E-state index contributed by atoms with van der Waals surface area (Å²) in [4.78, 5) is 2.24. The van der Waals surface area contributed by atoms with Crippen molar-refractivity contribution < 1.29 is 4.74 Å². The van der Waals surface area contributed by atoms with E-state index >= 15 is 0 Å². The summed E-state index contributed by atoms with van der Waals surface area (Å²) in [5.41, 5.74) is 0. The molecule has 2 unspecified atom stereocenters. The van der Waals surface area contributed by atoms with Crippen LogP contribution in [0.3, 0.4) is 0 Å². The van der Waals surface area contributed by atoms with Gasteiger partial charge in [-0.25, -0.2) is 0 Å². The summed E-state index contributed by atoms with van der Waals surface area (Å²) in [6.45, 7) is 7.22. The minimum absolute atomic E-state index is 0.295. The molecule has 0 spiro atoms. The van der Waals surface area contributed by atoms with Crippen LogP contribution in [0.2, 0.25) is 0 Å². The van der Waals surface area contributed by atoms with Crippen LogP contribution in [0, 0.1) is 5.92 Å². The fraction of sp³-hybridized carbons (Fsp3) is 0.900. The van der Waals surface area contributed by atoms with Crippen LogP contribution in [-0.4, -0.2) is 42.9 Å². The highest BCUT2D eigenvalue weighted by atomic mass is 32.1. The van der Waals surface area contributed by atoms with Crippen molar-refractivity contribution in [1.29, 1.82) is 0 Å². The molecule has 82 valence electrons. The Morgan fingerprint density at radius 3 is 2.93 bits per heavy atom. The molecule has 4 heteroatoms. The van der Waals surface area contributed by atoms with Gasteiger partial charge in [0, 0.05) is 26.2 Å². The number of hydrogen-bond donors (Lipinski definition) is 1. The molecule has 0 saturated carbocycles. The molecule has 1 fully saturated rings. The first-order valence-corrected chi connectivity index (χ1v) is 5.58.